The summed E-state index contributed by atoms with van der Waals surface area (Å²) in [4.78, 5) is 26.0. The highest BCUT2D eigenvalue weighted by Gasteiger charge is 2.20. The number of aromatic nitrogens is 2. The first-order valence-electron chi connectivity index (χ1n) is 10.1. The van der Waals surface area contributed by atoms with Gasteiger partial charge < -0.3 is 9.88 Å². The molecule has 1 aliphatic heterocycles. The molecular formula is C23H20Cl2N4OS. The van der Waals surface area contributed by atoms with Gasteiger partial charge in [-0.15, -0.1) is 11.3 Å². The van der Waals surface area contributed by atoms with Crippen molar-refractivity contribution in [2.24, 2.45) is 0 Å². The van der Waals surface area contributed by atoms with E-state index in [0.717, 1.165) is 52.8 Å². The molecule has 0 radical (unpaired) electrons. The largest absolute Gasteiger partial charge is 0.369 e. The van der Waals surface area contributed by atoms with Gasteiger partial charge >= 0.3 is 0 Å². The molecule has 0 saturated carbocycles. The van der Waals surface area contributed by atoms with Crippen LogP contribution in [0.2, 0.25) is 10.0 Å². The molecule has 1 saturated heterocycles. The lowest BCUT2D eigenvalue weighted by Crippen LogP contribution is -2.46. The quantitative estimate of drug-likeness (QED) is 0.440. The number of rotatable bonds is 4. The number of benzene rings is 2. The third kappa shape index (κ3) is 4.21. The minimum absolute atomic E-state index is 0.117. The van der Waals surface area contributed by atoms with E-state index in [1.165, 1.54) is 11.3 Å². The maximum Gasteiger partial charge on any atom is 0.260 e. The van der Waals surface area contributed by atoms with Gasteiger partial charge in [-0.1, -0.05) is 47.5 Å². The second-order valence-electron chi connectivity index (χ2n) is 7.57. The lowest BCUT2D eigenvalue weighted by molar-refractivity contribution is 0.244. The van der Waals surface area contributed by atoms with Crippen LogP contribution < -0.4 is 10.5 Å². The fraction of sp³-hybridized carbons (Fsp3) is 0.217. The number of hydrogen-bond acceptors (Lipinski definition) is 5. The minimum Gasteiger partial charge on any atom is -0.369 e. The summed E-state index contributed by atoms with van der Waals surface area (Å²) in [6.45, 7) is 4.21. The fourth-order valence-electron chi connectivity index (χ4n) is 4.00. The van der Waals surface area contributed by atoms with Crippen LogP contribution in [0, 0.1) is 0 Å². The topological polar surface area (TPSA) is 52.2 Å². The monoisotopic (exact) mass is 470 g/mol. The van der Waals surface area contributed by atoms with Gasteiger partial charge in [-0.05, 0) is 24.3 Å². The molecule has 1 fully saturated rings. The molecule has 0 amide bonds. The second-order valence-corrected chi connectivity index (χ2v) is 9.27. The van der Waals surface area contributed by atoms with Crippen LogP contribution in [0.3, 0.4) is 0 Å². The van der Waals surface area contributed by atoms with E-state index in [2.05, 4.69) is 20.9 Å². The first-order chi connectivity index (χ1) is 15.1. The van der Waals surface area contributed by atoms with E-state index in [1.807, 2.05) is 47.8 Å². The molecule has 31 heavy (non-hydrogen) atoms. The van der Waals surface area contributed by atoms with Crippen molar-refractivity contribution in [2.45, 2.75) is 6.54 Å². The summed E-state index contributed by atoms with van der Waals surface area (Å²) in [5, 5.41) is 3.94. The van der Waals surface area contributed by atoms with Gasteiger partial charge in [0.25, 0.3) is 5.56 Å². The maximum absolute atomic E-state index is 12.9. The molecule has 5 rings (SSSR count). The smallest absolute Gasteiger partial charge is 0.260 e. The summed E-state index contributed by atoms with van der Waals surface area (Å²) < 4.78 is 0. The van der Waals surface area contributed by atoms with Gasteiger partial charge in [-0.3, -0.25) is 9.69 Å². The van der Waals surface area contributed by atoms with E-state index in [1.54, 1.807) is 0 Å². The van der Waals surface area contributed by atoms with Crippen molar-refractivity contribution in [1.29, 1.82) is 0 Å². The zero-order valence-electron chi connectivity index (χ0n) is 16.6. The van der Waals surface area contributed by atoms with E-state index < -0.39 is 0 Å². The third-order valence-electron chi connectivity index (χ3n) is 5.58. The van der Waals surface area contributed by atoms with Gasteiger partial charge in [0.15, 0.2) is 0 Å². The molecule has 2 aromatic carbocycles. The van der Waals surface area contributed by atoms with E-state index in [0.29, 0.717) is 22.8 Å². The van der Waals surface area contributed by atoms with Crippen molar-refractivity contribution in [3.8, 4) is 11.1 Å². The molecule has 1 aliphatic rings. The number of halogens is 2. The van der Waals surface area contributed by atoms with Crippen LogP contribution in [0.4, 0.5) is 5.69 Å². The maximum atomic E-state index is 12.9. The van der Waals surface area contributed by atoms with Crippen molar-refractivity contribution in [3.05, 3.63) is 80.1 Å². The molecule has 1 N–H and O–H groups in total. The van der Waals surface area contributed by atoms with Gasteiger partial charge in [-0.25, -0.2) is 4.98 Å². The molecule has 4 aromatic rings. The Morgan fingerprint density at radius 1 is 1.00 bits per heavy atom. The van der Waals surface area contributed by atoms with Crippen LogP contribution in [0.5, 0.6) is 0 Å². The number of anilines is 1. The lowest BCUT2D eigenvalue weighted by Gasteiger charge is -2.35. The summed E-state index contributed by atoms with van der Waals surface area (Å²) in [6, 6.07) is 15.5. The molecule has 0 unspecified atom stereocenters. The Hall–Kier alpha value is -2.38. The predicted octanol–water partition coefficient (Wildman–Crippen LogP) is 5.28. The van der Waals surface area contributed by atoms with Crippen molar-refractivity contribution < 1.29 is 0 Å². The number of nitrogens with zero attached hydrogens (tertiary/aromatic N) is 3. The Kier molecular flexibility index (Phi) is 5.71. The summed E-state index contributed by atoms with van der Waals surface area (Å²) >= 11 is 14.0. The molecule has 5 nitrogen and oxygen atoms in total. The molecular weight excluding hydrogens is 451 g/mol. The number of hydrogen-bond donors (Lipinski definition) is 1. The Morgan fingerprint density at radius 3 is 2.58 bits per heavy atom. The Balaban J connectivity index is 1.33. The van der Waals surface area contributed by atoms with E-state index >= 15 is 0 Å². The molecule has 0 bridgehead atoms. The Bertz CT molecular complexity index is 1290. The standard InChI is InChI=1S/C23H20Cl2N4OS/c24-15-4-3-5-16(12-15)29-10-8-28(9-11-29)13-20-26-22(30)21-18(14-31-23(21)27-20)17-6-1-2-7-19(17)25/h1-7,12,14H,8-11,13H2,(H,26,27,30). The Labute approximate surface area is 193 Å². The van der Waals surface area contributed by atoms with Gasteiger partial charge in [0.2, 0.25) is 0 Å². The van der Waals surface area contributed by atoms with Crippen LogP contribution in [-0.4, -0.2) is 41.0 Å². The van der Waals surface area contributed by atoms with E-state index in [4.69, 9.17) is 28.2 Å². The number of nitrogens with one attached hydrogen (secondary N) is 1. The SMILES string of the molecule is O=c1[nH]c(CN2CCN(c3cccc(Cl)c3)CC2)nc2scc(-c3ccccc3Cl)c12. The van der Waals surface area contributed by atoms with Gasteiger partial charge in [-0.2, -0.15) is 0 Å². The van der Waals surface area contributed by atoms with Crippen LogP contribution in [0.1, 0.15) is 5.82 Å². The van der Waals surface area contributed by atoms with Crippen LogP contribution >= 0.6 is 34.5 Å². The van der Waals surface area contributed by atoms with Crippen molar-refractivity contribution in [2.75, 3.05) is 31.1 Å². The van der Waals surface area contributed by atoms with E-state index in [9.17, 15) is 4.79 Å². The predicted molar refractivity (Wildman–Crippen MR) is 130 cm³/mol. The van der Waals surface area contributed by atoms with Crippen molar-refractivity contribution in [1.82, 2.24) is 14.9 Å². The average Bonchev–Trinajstić information content (AvgIpc) is 3.19. The molecule has 3 heterocycles. The van der Waals surface area contributed by atoms with Crippen molar-refractivity contribution in [3.63, 3.8) is 0 Å². The third-order valence-corrected chi connectivity index (χ3v) is 7.01. The number of piperazine rings is 1. The average molecular weight is 471 g/mol. The summed E-state index contributed by atoms with van der Waals surface area (Å²) in [6.07, 6.45) is 0. The lowest BCUT2D eigenvalue weighted by atomic mass is 10.1. The molecule has 2 aromatic heterocycles. The minimum atomic E-state index is -0.117. The van der Waals surface area contributed by atoms with Gasteiger partial charge in [0.05, 0.1) is 11.9 Å². The van der Waals surface area contributed by atoms with Gasteiger partial charge in [0.1, 0.15) is 10.7 Å². The van der Waals surface area contributed by atoms with Crippen LogP contribution in [0.15, 0.2) is 58.7 Å². The van der Waals surface area contributed by atoms with Crippen molar-refractivity contribution >= 4 is 50.4 Å². The van der Waals surface area contributed by atoms with Crippen LogP contribution in [-0.2, 0) is 6.54 Å². The molecule has 0 aliphatic carbocycles. The number of H-pyrrole nitrogens is 1. The normalized spacial score (nSPS) is 15.0. The highest BCUT2D eigenvalue weighted by molar-refractivity contribution is 7.17. The van der Waals surface area contributed by atoms with Gasteiger partial charge in [0, 0.05) is 58.4 Å². The zero-order chi connectivity index (χ0) is 21.4. The highest BCUT2D eigenvalue weighted by atomic mass is 35.5. The molecule has 0 spiro atoms. The first kappa shape index (κ1) is 20.5. The molecule has 0 atom stereocenters. The summed E-state index contributed by atoms with van der Waals surface area (Å²) in [7, 11) is 0. The molecule has 8 heteroatoms. The summed E-state index contributed by atoms with van der Waals surface area (Å²) in [5.41, 5.74) is 2.72. The number of aromatic amines is 1. The zero-order valence-corrected chi connectivity index (χ0v) is 19.0. The highest BCUT2D eigenvalue weighted by Crippen LogP contribution is 2.34. The second kappa shape index (κ2) is 8.63. The molecule has 158 valence electrons. The number of thiophene rings is 1. The fourth-order valence-corrected chi connectivity index (χ4v) is 5.37. The summed E-state index contributed by atoms with van der Waals surface area (Å²) in [5.74, 6) is 0.696. The van der Waals surface area contributed by atoms with E-state index in [-0.39, 0.29) is 5.56 Å². The Morgan fingerprint density at radius 2 is 1.81 bits per heavy atom. The first-order valence-corrected chi connectivity index (χ1v) is 11.7. The number of fused-ring (bicyclic) bond motifs is 1. The van der Waals surface area contributed by atoms with Crippen LogP contribution in [0.25, 0.3) is 21.3 Å².